The van der Waals surface area contributed by atoms with Gasteiger partial charge in [-0.25, -0.2) is 0 Å². The van der Waals surface area contributed by atoms with Crippen LogP contribution in [0.15, 0.2) is 121 Å². The fourth-order valence-corrected chi connectivity index (χ4v) is 18.2. The van der Waals surface area contributed by atoms with Gasteiger partial charge >= 0.3 is 0 Å². The molecular weight excluding hydrogens is 436 g/mol. The van der Waals surface area contributed by atoms with E-state index >= 15 is 0 Å². The summed E-state index contributed by atoms with van der Waals surface area (Å²) in [5, 5.41) is 5.34. The van der Waals surface area contributed by atoms with Crippen LogP contribution in [-0.4, -0.2) is 30.9 Å². The molecule has 0 bridgehead atoms. The van der Waals surface area contributed by atoms with E-state index < -0.39 is 16.6 Å². The summed E-state index contributed by atoms with van der Waals surface area (Å²) in [6.07, 6.45) is 0.952. The summed E-state index contributed by atoms with van der Waals surface area (Å²) in [5.74, 6) is 0. The summed E-state index contributed by atoms with van der Waals surface area (Å²) >= 11 is 0. The van der Waals surface area contributed by atoms with Crippen molar-refractivity contribution in [1.29, 1.82) is 0 Å². The topological polar surface area (TPSA) is 18.5 Å². The maximum absolute atomic E-state index is 6.81. The standard InChI is InChI=1S/C29H32O2Si2/c1-4-29(32(30-2,25-17-9-5-10-18-25)26-19-11-6-12-20-26)33(31-3,27-21-13-7-14-22-27)28-23-15-8-16-24-28/h5-24,29H,4H2,1-3H3. The molecule has 0 aliphatic carbocycles. The van der Waals surface area contributed by atoms with Crippen LogP contribution in [0.2, 0.25) is 5.16 Å². The largest absolute Gasteiger partial charge is 0.411 e. The van der Waals surface area contributed by atoms with E-state index in [1.165, 1.54) is 20.7 Å². The molecule has 0 aromatic heterocycles. The monoisotopic (exact) mass is 468 g/mol. The third-order valence-electron chi connectivity index (χ3n) is 6.84. The lowest BCUT2D eigenvalue weighted by Gasteiger charge is -2.47. The SMILES string of the molecule is CCC([Si](OC)(c1ccccc1)c1ccccc1)[Si](OC)(c1ccccc1)c1ccccc1. The van der Waals surface area contributed by atoms with Crippen molar-refractivity contribution in [1.82, 2.24) is 0 Å². The third-order valence-corrected chi connectivity index (χ3v) is 18.1. The van der Waals surface area contributed by atoms with Gasteiger partial charge in [-0.2, -0.15) is 0 Å². The first kappa shape index (κ1) is 23.4. The molecule has 4 aromatic rings. The Morgan fingerprint density at radius 2 is 0.727 bits per heavy atom. The van der Waals surface area contributed by atoms with Crippen LogP contribution in [0.3, 0.4) is 0 Å². The van der Waals surface area contributed by atoms with Crippen LogP contribution in [-0.2, 0) is 8.85 Å². The Kier molecular flexibility index (Phi) is 7.40. The molecular formula is C29H32O2Si2. The maximum Gasteiger partial charge on any atom is 0.258 e. The molecule has 33 heavy (non-hydrogen) atoms. The molecule has 4 aromatic carbocycles. The first-order valence-corrected chi connectivity index (χ1v) is 15.5. The molecule has 168 valence electrons. The highest BCUT2D eigenvalue weighted by Gasteiger charge is 2.59. The smallest absolute Gasteiger partial charge is 0.258 e. The van der Waals surface area contributed by atoms with E-state index in [0.717, 1.165) is 6.42 Å². The second kappa shape index (κ2) is 10.4. The Hall–Kier alpha value is -2.77. The lowest BCUT2D eigenvalue weighted by Crippen LogP contribution is -2.76. The zero-order valence-electron chi connectivity index (χ0n) is 19.6. The Bertz CT molecular complexity index is 949. The van der Waals surface area contributed by atoms with Gasteiger partial charge in [-0.1, -0.05) is 135 Å². The second-order valence-electron chi connectivity index (χ2n) is 8.30. The van der Waals surface area contributed by atoms with Crippen molar-refractivity contribution in [3.8, 4) is 0 Å². The van der Waals surface area contributed by atoms with Crippen molar-refractivity contribution < 1.29 is 8.85 Å². The van der Waals surface area contributed by atoms with Gasteiger partial charge in [0.05, 0.1) is 0 Å². The summed E-state index contributed by atoms with van der Waals surface area (Å²) in [4.78, 5) is 0. The van der Waals surface area contributed by atoms with Crippen LogP contribution in [0.5, 0.6) is 0 Å². The van der Waals surface area contributed by atoms with Gasteiger partial charge in [-0.05, 0) is 20.7 Å². The van der Waals surface area contributed by atoms with Crippen molar-refractivity contribution in [3.05, 3.63) is 121 Å². The van der Waals surface area contributed by atoms with E-state index in [-0.39, 0.29) is 5.16 Å². The van der Waals surface area contributed by atoms with Gasteiger partial charge in [0.25, 0.3) is 16.6 Å². The molecule has 0 spiro atoms. The minimum Gasteiger partial charge on any atom is -0.411 e. The molecule has 0 fully saturated rings. The fraction of sp³-hybridized carbons (Fsp3) is 0.172. The van der Waals surface area contributed by atoms with Crippen molar-refractivity contribution in [2.45, 2.75) is 18.5 Å². The van der Waals surface area contributed by atoms with Gasteiger partial charge in [-0.15, -0.1) is 0 Å². The van der Waals surface area contributed by atoms with E-state index in [1.807, 2.05) is 14.2 Å². The first-order valence-electron chi connectivity index (χ1n) is 11.6. The van der Waals surface area contributed by atoms with E-state index in [2.05, 4.69) is 128 Å². The van der Waals surface area contributed by atoms with Crippen LogP contribution in [0.1, 0.15) is 13.3 Å². The van der Waals surface area contributed by atoms with Crippen LogP contribution >= 0.6 is 0 Å². The molecule has 4 heteroatoms. The van der Waals surface area contributed by atoms with Crippen molar-refractivity contribution in [2.24, 2.45) is 0 Å². The average Bonchev–Trinajstić information content (AvgIpc) is 2.91. The molecule has 0 heterocycles. The zero-order valence-corrected chi connectivity index (χ0v) is 21.6. The third kappa shape index (κ3) is 4.04. The zero-order chi connectivity index (χ0) is 23.2. The molecule has 2 nitrogen and oxygen atoms in total. The van der Waals surface area contributed by atoms with E-state index in [1.54, 1.807) is 0 Å². The fourth-order valence-electron chi connectivity index (χ4n) is 5.50. The van der Waals surface area contributed by atoms with Gasteiger partial charge < -0.3 is 8.85 Å². The van der Waals surface area contributed by atoms with Crippen LogP contribution in [0.4, 0.5) is 0 Å². The molecule has 4 rings (SSSR count). The second-order valence-corrected chi connectivity index (χ2v) is 16.3. The average molecular weight is 469 g/mol. The lowest BCUT2D eigenvalue weighted by molar-refractivity contribution is 0.383. The summed E-state index contributed by atoms with van der Waals surface area (Å²) in [7, 11) is -1.67. The van der Waals surface area contributed by atoms with Crippen molar-refractivity contribution in [2.75, 3.05) is 14.2 Å². The Labute approximate surface area is 200 Å². The highest BCUT2D eigenvalue weighted by molar-refractivity contribution is 7.14. The molecule has 0 unspecified atom stereocenters. The minimum atomic E-state index is -2.74. The lowest BCUT2D eigenvalue weighted by atomic mass is 10.4. The van der Waals surface area contributed by atoms with Crippen LogP contribution < -0.4 is 20.7 Å². The minimum absolute atomic E-state index is 0.203. The molecule has 0 amide bonds. The molecule has 0 saturated carbocycles. The molecule has 0 atom stereocenters. The number of benzene rings is 4. The highest BCUT2D eigenvalue weighted by atomic mass is 28.4. The summed E-state index contributed by atoms with van der Waals surface area (Å²) in [6.45, 7) is 2.30. The van der Waals surface area contributed by atoms with Gasteiger partial charge in [0, 0.05) is 19.4 Å². The predicted molar refractivity (Wildman–Crippen MR) is 144 cm³/mol. The Balaban J connectivity index is 2.09. The Morgan fingerprint density at radius 3 is 0.909 bits per heavy atom. The van der Waals surface area contributed by atoms with E-state index in [0.29, 0.717) is 0 Å². The molecule has 0 aliphatic rings. The Morgan fingerprint density at radius 1 is 0.485 bits per heavy atom. The summed E-state index contributed by atoms with van der Waals surface area (Å²) in [6, 6.07) is 43.4. The van der Waals surface area contributed by atoms with Gasteiger partial charge in [0.2, 0.25) is 0 Å². The molecule has 0 N–H and O–H groups in total. The van der Waals surface area contributed by atoms with E-state index in [4.69, 9.17) is 8.85 Å². The van der Waals surface area contributed by atoms with Crippen molar-refractivity contribution in [3.63, 3.8) is 0 Å². The van der Waals surface area contributed by atoms with Crippen LogP contribution in [0, 0.1) is 0 Å². The van der Waals surface area contributed by atoms with Crippen LogP contribution in [0.25, 0.3) is 0 Å². The van der Waals surface area contributed by atoms with E-state index in [9.17, 15) is 0 Å². The highest BCUT2D eigenvalue weighted by Crippen LogP contribution is 2.36. The molecule has 0 saturated heterocycles. The number of hydrogen-bond donors (Lipinski definition) is 0. The summed E-state index contributed by atoms with van der Waals surface area (Å²) < 4.78 is 13.6. The summed E-state index contributed by atoms with van der Waals surface area (Å²) in [5.41, 5.74) is 0. The predicted octanol–water partition coefficient (Wildman–Crippen LogP) is 4.12. The number of rotatable bonds is 9. The maximum atomic E-state index is 6.81. The van der Waals surface area contributed by atoms with Gasteiger partial charge in [0.15, 0.2) is 0 Å². The van der Waals surface area contributed by atoms with Crippen molar-refractivity contribution >= 4 is 37.4 Å². The number of hydrogen-bond acceptors (Lipinski definition) is 2. The van der Waals surface area contributed by atoms with Gasteiger partial charge in [0.1, 0.15) is 0 Å². The normalized spacial score (nSPS) is 12.1. The molecule has 0 radical (unpaired) electrons. The van der Waals surface area contributed by atoms with Gasteiger partial charge in [-0.3, -0.25) is 0 Å². The quantitative estimate of drug-likeness (QED) is 0.344. The first-order chi connectivity index (χ1) is 16.2. The molecule has 0 aliphatic heterocycles.